The molecule has 2 N–H and O–H groups in total. The SMILES string of the molecule is CCC(O)CNC.COc1ccccc1. The molecule has 0 aromatic heterocycles. The van der Waals surface area contributed by atoms with Crippen molar-refractivity contribution in [2.45, 2.75) is 19.4 Å². The maximum Gasteiger partial charge on any atom is 0.118 e. The normalized spacial score (nSPS) is 11.2. The predicted molar refractivity (Wildman–Crippen MR) is 63.2 cm³/mol. The summed E-state index contributed by atoms with van der Waals surface area (Å²) < 4.78 is 4.91. The van der Waals surface area contributed by atoms with Gasteiger partial charge in [-0.3, -0.25) is 0 Å². The molecule has 0 aliphatic heterocycles. The van der Waals surface area contributed by atoms with E-state index in [1.54, 1.807) is 7.11 Å². The molecule has 3 heteroatoms. The van der Waals surface area contributed by atoms with Crippen molar-refractivity contribution in [3.63, 3.8) is 0 Å². The highest BCUT2D eigenvalue weighted by molar-refractivity contribution is 5.20. The van der Waals surface area contributed by atoms with E-state index >= 15 is 0 Å². The molecule has 1 aromatic rings. The van der Waals surface area contributed by atoms with Crippen LogP contribution in [0.25, 0.3) is 0 Å². The summed E-state index contributed by atoms with van der Waals surface area (Å²) in [5, 5.41) is 11.7. The van der Waals surface area contributed by atoms with Crippen LogP contribution in [0, 0.1) is 0 Å². The van der Waals surface area contributed by atoms with Gasteiger partial charge < -0.3 is 15.2 Å². The first-order valence-corrected chi connectivity index (χ1v) is 5.16. The van der Waals surface area contributed by atoms with Gasteiger partial charge in [0.1, 0.15) is 5.75 Å². The summed E-state index contributed by atoms with van der Waals surface area (Å²) in [5.41, 5.74) is 0. The van der Waals surface area contributed by atoms with Crippen LogP contribution in [0.4, 0.5) is 0 Å². The number of hydrogen-bond donors (Lipinski definition) is 2. The van der Waals surface area contributed by atoms with Gasteiger partial charge in [0, 0.05) is 6.54 Å². The molecule has 0 aliphatic rings. The quantitative estimate of drug-likeness (QED) is 0.796. The highest BCUT2D eigenvalue weighted by Crippen LogP contribution is 2.05. The van der Waals surface area contributed by atoms with Gasteiger partial charge in [-0.25, -0.2) is 0 Å². The second kappa shape index (κ2) is 9.49. The number of benzene rings is 1. The molecule has 0 radical (unpaired) electrons. The number of aliphatic hydroxyl groups excluding tert-OH is 1. The van der Waals surface area contributed by atoms with E-state index in [9.17, 15) is 0 Å². The van der Waals surface area contributed by atoms with Gasteiger partial charge in [0.25, 0.3) is 0 Å². The van der Waals surface area contributed by atoms with Gasteiger partial charge in [-0.1, -0.05) is 25.1 Å². The van der Waals surface area contributed by atoms with Crippen LogP contribution in [0.3, 0.4) is 0 Å². The van der Waals surface area contributed by atoms with E-state index in [0.717, 1.165) is 12.2 Å². The molecule has 0 heterocycles. The third-order valence-electron chi connectivity index (χ3n) is 1.89. The van der Waals surface area contributed by atoms with Gasteiger partial charge in [-0.15, -0.1) is 0 Å². The van der Waals surface area contributed by atoms with Gasteiger partial charge in [0.2, 0.25) is 0 Å². The number of aliphatic hydroxyl groups is 1. The maximum atomic E-state index is 8.80. The summed E-state index contributed by atoms with van der Waals surface area (Å²) in [4.78, 5) is 0. The van der Waals surface area contributed by atoms with Crippen molar-refractivity contribution in [1.82, 2.24) is 5.32 Å². The first kappa shape index (κ1) is 13.9. The highest BCUT2D eigenvalue weighted by Gasteiger charge is 1.93. The Morgan fingerprint density at radius 2 is 1.93 bits per heavy atom. The number of rotatable bonds is 4. The van der Waals surface area contributed by atoms with Crippen LogP contribution in [0.15, 0.2) is 30.3 Å². The summed E-state index contributed by atoms with van der Waals surface area (Å²) in [6.45, 7) is 2.67. The lowest BCUT2D eigenvalue weighted by Crippen LogP contribution is -2.22. The summed E-state index contributed by atoms with van der Waals surface area (Å²) in [6, 6.07) is 9.68. The van der Waals surface area contributed by atoms with E-state index in [-0.39, 0.29) is 6.10 Å². The maximum absolute atomic E-state index is 8.80. The van der Waals surface area contributed by atoms with Crippen molar-refractivity contribution in [3.8, 4) is 5.75 Å². The van der Waals surface area contributed by atoms with Gasteiger partial charge in [-0.05, 0) is 25.6 Å². The minimum atomic E-state index is -0.162. The molecule has 0 aliphatic carbocycles. The zero-order valence-electron chi connectivity index (χ0n) is 9.73. The molecule has 1 aromatic carbocycles. The molecule has 1 atom stereocenters. The van der Waals surface area contributed by atoms with Crippen LogP contribution in [0.1, 0.15) is 13.3 Å². The van der Waals surface area contributed by atoms with Crippen LogP contribution >= 0.6 is 0 Å². The molecule has 0 spiro atoms. The first-order chi connectivity index (χ1) is 7.24. The first-order valence-electron chi connectivity index (χ1n) is 5.16. The van der Waals surface area contributed by atoms with Crippen LogP contribution in [-0.2, 0) is 0 Å². The summed E-state index contributed by atoms with van der Waals surface area (Å²) >= 11 is 0. The van der Waals surface area contributed by atoms with Crippen molar-refractivity contribution < 1.29 is 9.84 Å². The monoisotopic (exact) mass is 211 g/mol. The minimum Gasteiger partial charge on any atom is -0.497 e. The third-order valence-corrected chi connectivity index (χ3v) is 1.89. The largest absolute Gasteiger partial charge is 0.497 e. The zero-order valence-corrected chi connectivity index (χ0v) is 9.73. The second-order valence-electron chi connectivity index (χ2n) is 3.14. The fourth-order valence-corrected chi connectivity index (χ4v) is 0.937. The average molecular weight is 211 g/mol. The molecule has 0 fully saturated rings. The Hall–Kier alpha value is -1.06. The highest BCUT2D eigenvalue weighted by atomic mass is 16.5. The third kappa shape index (κ3) is 7.97. The molecule has 0 bridgehead atoms. The molecule has 86 valence electrons. The summed E-state index contributed by atoms with van der Waals surface area (Å²) in [5.74, 6) is 0.910. The van der Waals surface area contributed by atoms with E-state index in [1.165, 1.54) is 0 Å². The Balaban J connectivity index is 0.000000265. The van der Waals surface area contributed by atoms with Gasteiger partial charge in [0.15, 0.2) is 0 Å². The smallest absolute Gasteiger partial charge is 0.118 e. The summed E-state index contributed by atoms with van der Waals surface area (Å²) in [6.07, 6.45) is 0.672. The van der Waals surface area contributed by atoms with Crippen molar-refractivity contribution in [2.24, 2.45) is 0 Å². The Kier molecular flexibility index (Phi) is 8.82. The van der Waals surface area contributed by atoms with E-state index < -0.39 is 0 Å². The van der Waals surface area contributed by atoms with Crippen LogP contribution in [0.5, 0.6) is 5.75 Å². The van der Waals surface area contributed by atoms with Gasteiger partial charge >= 0.3 is 0 Å². The van der Waals surface area contributed by atoms with E-state index in [0.29, 0.717) is 6.54 Å². The lowest BCUT2D eigenvalue weighted by atomic mass is 10.3. The Bertz CT molecular complexity index is 226. The molecule has 1 unspecified atom stereocenters. The topological polar surface area (TPSA) is 41.5 Å². The number of hydrogen-bond acceptors (Lipinski definition) is 3. The molecule has 0 saturated carbocycles. The van der Waals surface area contributed by atoms with E-state index in [1.807, 2.05) is 44.3 Å². The Labute approximate surface area is 92.1 Å². The zero-order chi connectivity index (χ0) is 11.5. The number of likely N-dealkylation sites (N-methyl/N-ethyl adjacent to an activating group) is 1. The van der Waals surface area contributed by atoms with Gasteiger partial charge in [0.05, 0.1) is 13.2 Å². The fourth-order valence-electron chi connectivity index (χ4n) is 0.937. The summed E-state index contributed by atoms with van der Waals surface area (Å²) in [7, 11) is 3.49. The lowest BCUT2D eigenvalue weighted by Gasteiger charge is -2.03. The Morgan fingerprint density at radius 3 is 2.20 bits per heavy atom. The predicted octanol–water partition coefficient (Wildman–Crippen LogP) is 1.67. The van der Waals surface area contributed by atoms with Crippen LogP contribution in [0.2, 0.25) is 0 Å². The number of nitrogens with one attached hydrogen (secondary N) is 1. The minimum absolute atomic E-state index is 0.162. The molecular formula is C12H21NO2. The number of methoxy groups -OCH3 is 1. The molecular weight excluding hydrogens is 190 g/mol. The molecule has 1 rings (SSSR count). The average Bonchev–Trinajstić information content (AvgIpc) is 2.31. The number of para-hydroxylation sites is 1. The van der Waals surface area contributed by atoms with Gasteiger partial charge in [-0.2, -0.15) is 0 Å². The van der Waals surface area contributed by atoms with Crippen molar-refractivity contribution >= 4 is 0 Å². The van der Waals surface area contributed by atoms with Crippen molar-refractivity contribution in [3.05, 3.63) is 30.3 Å². The Morgan fingerprint density at radius 1 is 1.33 bits per heavy atom. The fraction of sp³-hybridized carbons (Fsp3) is 0.500. The van der Waals surface area contributed by atoms with Crippen LogP contribution < -0.4 is 10.1 Å². The van der Waals surface area contributed by atoms with E-state index in [4.69, 9.17) is 9.84 Å². The standard InChI is InChI=1S/C7H8O.C5H13NO/c1-8-7-5-3-2-4-6-7;1-3-5(7)4-6-2/h2-6H,1H3;5-7H,3-4H2,1-2H3. The van der Waals surface area contributed by atoms with Crippen molar-refractivity contribution in [2.75, 3.05) is 20.7 Å². The lowest BCUT2D eigenvalue weighted by molar-refractivity contribution is 0.170. The van der Waals surface area contributed by atoms with Crippen LogP contribution in [-0.4, -0.2) is 31.9 Å². The van der Waals surface area contributed by atoms with Crippen molar-refractivity contribution in [1.29, 1.82) is 0 Å². The molecule has 0 amide bonds. The molecule has 15 heavy (non-hydrogen) atoms. The van der Waals surface area contributed by atoms with E-state index in [2.05, 4.69) is 5.32 Å². The number of ether oxygens (including phenoxy) is 1. The molecule has 3 nitrogen and oxygen atoms in total. The molecule has 0 saturated heterocycles. The second-order valence-corrected chi connectivity index (χ2v) is 3.14.